The summed E-state index contributed by atoms with van der Waals surface area (Å²) in [7, 11) is 1.88. The Balaban J connectivity index is 1.97. The summed E-state index contributed by atoms with van der Waals surface area (Å²) < 4.78 is 24.0. The first kappa shape index (κ1) is 15.3. The molecule has 2 aromatic rings. The number of likely N-dealkylation sites (N-methyl/N-ethyl adjacent to an activating group) is 1. The third kappa shape index (κ3) is 4.46. The molecule has 0 saturated heterocycles. The summed E-state index contributed by atoms with van der Waals surface area (Å²) in [4.78, 5) is 0. The van der Waals surface area contributed by atoms with E-state index in [-0.39, 0.29) is 11.9 Å². The average molecular weight is 289 g/mol. The van der Waals surface area contributed by atoms with Crippen molar-refractivity contribution in [1.29, 1.82) is 0 Å². The molecule has 0 aliphatic heterocycles. The predicted molar refractivity (Wildman–Crippen MR) is 81.3 cm³/mol. The van der Waals surface area contributed by atoms with E-state index in [0.29, 0.717) is 19.0 Å². The molecule has 1 N–H and O–H groups in total. The van der Waals surface area contributed by atoms with Gasteiger partial charge in [0.25, 0.3) is 0 Å². The fraction of sp³-hybridized carbons (Fsp3) is 0.294. The number of hydrogen-bond donors (Lipinski definition) is 1. The highest BCUT2D eigenvalue weighted by atomic mass is 19.1. The predicted octanol–water partition coefficient (Wildman–Crippen LogP) is 3.56. The van der Waals surface area contributed by atoms with Gasteiger partial charge in [-0.2, -0.15) is 0 Å². The minimum atomic E-state index is -0.265. The van der Waals surface area contributed by atoms with Crippen LogP contribution in [0.15, 0.2) is 48.5 Å². The van der Waals surface area contributed by atoms with Crippen LogP contribution in [-0.4, -0.2) is 20.3 Å². The van der Waals surface area contributed by atoms with Gasteiger partial charge in [0.2, 0.25) is 0 Å². The van der Waals surface area contributed by atoms with Crippen LogP contribution in [-0.2, 0) is 0 Å². The molecule has 0 aliphatic carbocycles. The summed E-state index contributed by atoms with van der Waals surface area (Å²) in [5, 5.41) is 3.21. The van der Waals surface area contributed by atoms with Gasteiger partial charge in [-0.3, -0.25) is 0 Å². The van der Waals surface area contributed by atoms with Crippen molar-refractivity contribution in [3.63, 3.8) is 0 Å². The highest BCUT2D eigenvalue weighted by molar-refractivity contribution is 5.29. The van der Waals surface area contributed by atoms with Gasteiger partial charge in [-0.15, -0.1) is 0 Å². The lowest BCUT2D eigenvalue weighted by molar-refractivity contribution is 0.272. The molecular formula is C17H20FNO2. The topological polar surface area (TPSA) is 30.5 Å². The van der Waals surface area contributed by atoms with E-state index in [2.05, 4.69) is 5.32 Å². The zero-order valence-electron chi connectivity index (χ0n) is 12.3. The quantitative estimate of drug-likeness (QED) is 0.845. The molecule has 112 valence electrons. The highest BCUT2D eigenvalue weighted by Gasteiger charge is 2.10. The first-order valence-corrected chi connectivity index (χ1v) is 7.01. The summed E-state index contributed by atoms with van der Waals surface area (Å²) in [5.74, 6) is 1.25. The maximum atomic E-state index is 12.8. The second-order valence-electron chi connectivity index (χ2n) is 4.61. The van der Waals surface area contributed by atoms with Crippen molar-refractivity contribution in [1.82, 2.24) is 5.32 Å². The van der Waals surface area contributed by atoms with E-state index in [4.69, 9.17) is 9.47 Å². The largest absolute Gasteiger partial charge is 0.494 e. The molecule has 1 unspecified atom stereocenters. The molecule has 2 rings (SSSR count). The Morgan fingerprint density at radius 3 is 2.10 bits per heavy atom. The van der Waals surface area contributed by atoms with Crippen LogP contribution in [0.4, 0.5) is 4.39 Å². The molecule has 3 nitrogen and oxygen atoms in total. The summed E-state index contributed by atoms with van der Waals surface area (Å²) in [5.41, 5.74) is 1.11. The Kier molecular flexibility index (Phi) is 5.58. The van der Waals surface area contributed by atoms with Gasteiger partial charge in [-0.25, -0.2) is 4.39 Å². The lowest BCUT2D eigenvalue weighted by Crippen LogP contribution is -2.23. The Morgan fingerprint density at radius 2 is 1.52 bits per heavy atom. The van der Waals surface area contributed by atoms with Gasteiger partial charge >= 0.3 is 0 Å². The fourth-order valence-electron chi connectivity index (χ4n) is 2.02. The van der Waals surface area contributed by atoms with E-state index in [0.717, 1.165) is 11.3 Å². The summed E-state index contributed by atoms with van der Waals surface area (Å²) in [6.45, 7) is 3.08. The van der Waals surface area contributed by atoms with Crippen LogP contribution in [0.25, 0.3) is 0 Å². The third-order valence-corrected chi connectivity index (χ3v) is 3.17. The third-order valence-electron chi connectivity index (χ3n) is 3.17. The van der Waals surface area contributed by atoms with Gasteiger partial charge in [0, 0.05) is 0 Å². The average Bonchev–Trinajstić information content (AvgIpc) is 2.51. The van der Waals surface area contributed by atoms with Crippen molar-refractivity contribution in [2.75, 3.05) is 20.3 Å². The van der Waals surface area contributed by atoms with Crippen molar-refractivity contribution in [2.24, 2.45) is 0 Å². The molecule has 0 fully saturated rings. The number of halogens is 1. The number of rotatable bonds is 7. The fourth-order valence-corrected chi connectivity index (χ4v) is 2.02. The van der Waals surface area contributed by atoms with Crippen molar-refractivity contribution in [2.45, 2.75) is 13.0 Å². The Morgan fingerprint density at radius 1 is 0.952 bits per heavy atom. The molecule has 0 aliphatic rings. The van der Waals surface area contributed by atoms with Gasteiger partial charge in [-0.1, -0.05) is 12.1 Å². The van der Waals surface area contributed by atoms with Crippen LogP contribution in [0, 0.1) is 5.82 Å². The number of ether oxygens (including phenoxy) is 2. The van der Waals surface area contributed by atoms with E-state index >= 15 is 0 Å². The second kappa shape index (κ2) is 7.64. The molecule has 2 aromatic carbocycles. The normalized spacial score (nSPS) is 12.0. The SMILES string of the molecule is CCOc1ccc(C(COc2ccc(F)cc2)NC)cc1. The maximum absolute atomic E-state index is 12.8. The highest BCUT2D eigenvalue weighted by Crippen LogP contribution is 2.19. The van der Waals surface area contributed by atoms with E-state index < -0.39 is 0 Å². The van der Waals surface area contributed by atoms with E-state index in [9.17, 15) is 4.39 Å². The van der Waals surface area contributed by atoms with Crippen molar-refractivity contribution >= 4 is 0 Å². The summed E-state index contributed by atoms with van der Waals surface area (Å²) in [6, 6.07) is 14.0. The summed E-state index contributed by atoms with van der Waals surface area (Å²) >= 11 is 0. The van der Waals surface area contributed by atoms with Gasteiger partial charge in [0.1, 0.15) is 23.9 Å². The van der Waals surface area contributed by atoms with Crippen LogP contribution in [0.2, 0.25) is 0 Å². The standard InChI is InChI=1S/C17H20FNO2/c1-3-20-15-8-4-13(5-9-15)17(19-2)12-21-16-10-6-14(18)7-11-16/h4-11,17,19H,3,12H2,1-2H3. The Hall–Kier alpha value is -2.07. The summed E-state index contributed by atoms with van der Waals surface area (Å²) in [6.07, 6.45) is 0. The van der Waals surface area contributed by atoms with Crippen LogP contribution >= 0.6 is 0 Å². The molecule has 0 radical (unpaired) electrons. The monoisotopic (exact) mass is 289 g/mol. The number of nitrogens with one attached hydrogen (secondary N) is 1. The first-order valence-electron chi connectivity index (χ1n) is 7.01. The molecule has 0 bridgehead atoms. The van der Waals surface area contributed by atoms with Gasteiger partial charge in [0.05, 0.1) is 12.6 Å². The van der Waals surface area contributed by atoms with Crippen LogP contribution < -0.4 is 14.8 Å². The van der Waals surface area contributed by atoms with Crippen molar-refractivity contribution in [3.05, 3.63) is 59.9 Å². The molecule has 0 aromatic heterocycles. The van der Waals surface area contributed by atoms with Crippen LogP contribution in [0.5, 0.6) is 11.5 Å². The van der Waals surface area contributed by atoms with E-state index in [1.807, 2.05) is 38.2 Å². The van der Waals surface area contributed by atoms with Crippen LogP contribution in [0.1, 0.15) is 18.5 Å². The molecule has 0 amide bonds. The molecule has 21 heavy (non-hydrogen) atoms. The minimum Gasteiger partial charge on any atom is -0.494 e. The number of benzene rings is 2. The van der Waals surface area contributed by atoms with E-state index in [1.165, 1.54) is 12.1 Å². The van der Waals surface area contributed by atoms with Gasteiger partial charge in [-0.05, 0) is 55.9 Å². The van der Waals surface area contributed by atoms with Crippen molar-refractivity contribution in [3.8, 4) is 11.5 Å². The lowest BCUT2D eigenvalue weighted by Gasteiger charge is -2.18. The van der Waals surface area contributed by atoms with Crippen LogP contribution in [0.3, 0.4) is 0 Å². The smallest absolute Gasteiger partial charge is 0.123 e. The zero-order chi connectivity index (χ0) is 15.1. The first-order chi connectivity index (χ1) is 10.2. The van der Waals surface area contributed by atoms with Gasteiger partial charge < -0.3 is 14.8 Å². The van der Waals surface area contributed by atoms with Gasteiger partial charge in [0.15, 0.2) is 0 Å². The van der Waals surface area contributed by atoms with E-state index in [1.54, 1.807) is 12.1 Å². The molecule has 0 heterocycles. The molecule has 1 atom stereocenters. The number of hydrogen-bond acceptors (Lipinski definition) is 3. The maximum Gasteiger partial charge on any atom is 0.123 e. The molecular weight excluding hydrogens is 269 g/mol. The lowest BCUT2D eigenvalue weighted by atomic mass is 10.1. The molecule has 0 spiro atoms. The Labute approximate surface area is 124 Å². The molecule has 0 saturated carbocycles. The Bertz CT molecular complexity index is 540. The minimum absolute atomic E-state index is 0.0609. The van der Waals surface area contributed by atoms with Crippen molar-refractivity contribution < 1.29 is 13.9 Å². The zero-order valence-corrected chi connectivity index (χ0v) is 12.3. The second-order valence-corrected chi connectivity index (χ2v) is 4.61. The molecule has 4 heteroatoms.